The van der Waals surface area contributed by atoms with Gasteiger partial charge in [0.25, 0.3) is 0 Å². The number of hydrogen-bond acceptors (Lipinski definition) is 7. The van der Waals surface area contributed by atoms with Gasteiger partial charge in [-0.15, -0.1) is 11.3 Å². The van der Waals surface area contributed by atoms with Gasteiger partial charge < -0.3 is 18.8 Å². The maximum absolute atomic E-state index is 11.3. The zero-order chi connectivity index (χ0) is 16.9. The Morgan fingerprint density at radius 1 is 1.21 bits per heavy atom. The van der Waals surface area contributed by atoms with Crippen molar-refractivity contribution in [1.29, 1.82) is 0 Å². The molecule has 132 valence electrons. The molecular weight excluding hydrogens is 363 g/mol. The number of rotatable bonds is 8. The molecule has 1 aromatic rings. The second kappa shape index (κ2) is 10.4. The quantitative estimate of drug-likeness (QED) is 0.448. The maximum atomic E-state index is 11.3. The molecule has 0 N–H and O–H groups in total. The van der Waals surface area contributed by atoms with Crippen molar-refractivity contribution in [2.75, 3.05) is 19.8 Å². The van der Waals surface area contributed by atoms with Gasteiger partial charge in [0.2, 0.25) is 0 Å². The molecule has 1 aliphatic heterocycles. The summed E-state index contributed by atoms with van der Waals surface area (Å²) in [4.78, 5) is 0. The molecule has 0 bridgehead atoms. The average Bonchev–Trinajstić information content (AvgIpc) is 2.82. The van der Waals surface area contributed by atoms with E-state index in [9.17, 15) is 13.0 Å². The van der Waals surface area contributed by atoms with Crippen molar-refractivity contribution in [3.05, 3.63) is 10.8 Å². The normalized spacial score (nSPS) is 16.5. The largest absolute Gasteiger partial charge is 1.00 e. The van der Waals surface area contributed by atoms with Crippen LogP contribution in [0.4, 0.5) is 0 Å². The standard InChI is InChI=1S/C15H24O6S2.Na/c1-11(2)3-4-13(23(16,17)18)5-6-19-12-7-20-14-9-22-10-15(14)21-8-12;/h9-13H,3-8H2,1-2H3,(H,16,17,18);/q;+1/p-1. The fraction of sp³-hybridized carbons (Fsp3) is 0.733. The first kappa shape index (κ1) is 22.2. The zero-order valence-corrected chi connectivity index (χ0v) is 18.0. The predicted octanol–water partition coefficient (Wildman–Crippen LogP) is -0.351. The van der Waals surface area contributed by atoms with Crippen LogP contribution in [-0.2, 0) is 14.9 Å². The first-order chi connectivity index (χ1) is 10.9. The minimum absolute atomic E-state index is 0. The van der Waals surface area contributed by atoms with E-state index in [0.29, 0.717) is 43.5 Å². The number of ether oxygens (including phenoxy) is 3. The summed E-state index contributed by atoms with van der Waals surface area (Å²) in [6, 6.07) is 0. The van der Waals surface area contributed by atoms with E-state index < -0.39 is 15.4 Å². The molecule has 2 rings (SSSR count). The number of thiophene rings is 1. The third kappa shape index (κ3) is 7.19. The molecule has 0 saturated carbocycles. The Labute approximate surface area is 169 Å². The van der Waals surface area contributed by atoms with Gasteiger partial charge in [0.15, 0.2) is 11.5 Å². The molecule has 0 amide bonds. The molecule has 24 heavy (non-hydrogen) atoms. The van der Waals surface area contributed by atoms with Crippen LogP contribution in [0.5, 0.6) is 11.5 Å². The number of fused-ring (bicyclic) bond motifs is 1. The third-order valence-electron chi connectivity index (χ3n) is 3.71. The van der Waals surface area contributed by atoms with Crippen LogP contribution < -0.4 is 39.0 Å². The third-order valence-corrected chi connectivity index (χ3v) is 5.70. The van der Waals surface area contributed by atoms with Gasteiger partial charge >= 0.3 is 29.6 Å². The molecule has 6 nitrogen and oxygen atoms in total. The van der Waals surface area contributed by atoms with Crippen LogP contribution in [0, 0.1) is 5.92 Å². The van der Waals surface area contributed by atoms with Crippen molar-refractivity contribution < 1.29 is 56.7 Å². The Balaban J connectivity index is 0.00000288. The van der Waals surface area contributed by atoms with E-state index in [1.165, 1.54) is 11.3 Å². The van der Waals surface area contributed by atoms with E-state index in [2.05, 4.69) is 0 Å². The number of hydrogen-bond donors (Lipinski definition) is 0. The Bertz CT molecular complexity index is 564. The van der Waals surface area contributed by atoms with E-state index in [1.54, 1.807) is 0 Å². The van der Waals surface area contributed by atoms with Gasteiger partial charge in [0.05, 0.1) is 15.4 Å². The van der Waals surface area contributed by atoms with Gasteiger partial charge in [-0.25, -0.2) is 8.42 Å². The average molecular weight is 386 g/mol. The van der Waals surface area contributed by atoms with Crippen LogP contribution in [0.15, 0.2) is 10.8 Å². The van der Waals surface area contributed by atoms with Gasteiger partial charge in [-0.1, -0.05) is 13.8 Å². The van der Waals surface area contributed by atoms with Gasteiger partial charge in [0.1, 0.15) is 19.3 Å². The molecule has 1 aliphatic rings. The van der Waals surface area contributed by atoms with Gasteiger partial charge in [0, 0.05) is 17.4 Å². The van der Waals surface area contributed by atoms with Crippen molar-refractivity contribution in [2.45, 2.75) is 44.5 Å². The van der Waals surface area contributed by atoms with Gasteiger partial charge in [-0.2, -0.15) is 0 Å². The van der Waals surface area contributed by atoms with Crippen LogP contribution in [0.25, 0.3) is 0 Å². The van der Waals surface area contributed by atoms with Crippen LogP contribution in [0.2, 0.25) is 0 Å². The zero-order valence-electron chi connectivity index (χ0n) is 14.4. The van der Waals surface area contributed by atoms with Crippen LogP contribution in [-0.4, -0.2) is 44.1 Å². The molecule has 9 heteroatoms. The fourth-order valence-corrected chi connectivity index (χ4v) is 3.81. The smallest absolute Gasteiger partial charge is 0.748 e. The van der Waals surface area contributed by atoms with E-state index in [4.69, 9.17) is 14.2 Å². The maximum Gasteiger partial charge on any atom is 1.00 e. The summed E-state index contributed by atoms with van der Waals surface area (Å²) < 4.78 is 50.8. The molecule has 1 atom stereocenters. The molecule has 1 aromatic heterocycles. The SMILES string of the molecule is CC(C)CCC(CCOC1COc2cscc2OC1)S(=O)(=O)[O-].[Na+]. The Morgan fingerprint density at radius 3 is 2.29 bits per heavy atom. The van der Waals surface area contributed by atoms with Crippen LogP contribution in [0.3, 0.4) is 0 Å². The second-order valence-electron chi connectivity index (χ2n) is 6.09. The van der Waals surface area contributed by atoms with E-state index >= 15 is 0 Å². The van der Waals surface area contributed by atoms with Crippen LogP contribution >= 0.6 is 11.3 Å². The molecule has 0 saturated heterocycles. The molecular formula is C15H23NaO6S2. The molecule has 1 unspecified atom stereocenters. The Kier molecular flexibility index (Phi) is 9.58. The molecule has 2 heterocycles. The predicted molar refractivity (Wildman–Crippen MR) is 87.2 cm³/mol. The van der Waals surface area contributed by atoms with Crippen molar-refractivity contribution in [2.24, 2.45) is 5.92 Å². The van der Waals surface area contributed by atoms with Gasteiger partial charge in [-0.3, -0.25) is 0 Å². The molecule has 0 aromatic carbocycles. The monoisotopic (exact) mass is 386 g/mol. The molecule has 0 fully saturated rings. The summed E-state index contributed by atoms with van der Waals surface area (Å²) in [6.07, 6.45) is 1.02. The first-order valence-corrected chi connectivity index (χ1v) is 10.2. The topological polar surface area (TPSA) is 84.9 Å². The minimum atomic E-state index is -4.30. The summed E-state index contributed by atoms with van der Waals surface area (Å²) in [5.74, 6) is 1.78. The van der Waals surface area contributed by atoms with E-state index in [1.807, 2.05) is 24.6 Å². The summed E-state index contributed by atoms with van der Waals surface area (Å²) in [5, 5.41) is 2.84. The summed E-state index contributed by atoms with van der Waals surface area (Å²) in [6.45, 7) is 4.91. The minimum Gasteiger partial charge on any atom is -0.748 e. The fourth-order valence-electron chi connectivity index (χ4n) is 2.31. The Hall–Kier alpha value is 0.170. The van der Waals surface area contributed by atoms with Crippen molar-refractivity contribution in [3.8, 4) is 11.5 Å². The molecule has 0 radical (unpaired) electrons. The first-order valence-electron chi connectivity index (χ1n) is 7.74. The van der Waals surface area contributed by atoms with Crippen LogP contribution in [0.1, 0.15) is 33.1 Å². The molecule has 0 aliphatic carbocycles. The second-order valence-corrected chi connectivity index (χ2v) is 8.49. The van der Waals surface area contributed by atoms with Crippen molar-refractivity contribution >= 4 is 21.5 Å². The van der Waals surface area contributed by atoms with E-state index in [-0.39, 0.29) is 48.7 Å². The van der Waals surface area contributed by atoms with Crippen molar-refractivity contribution in [3.63, 3.8) is 0 Å². The van der Waals surface area contributed by atoms with Gasteiger partial charge in [-0.05, 0) is 25.2 Å². The summed E-state index contributed by atoms with van der Waals surface area (Å²) in [7, 11) is -4.30. The van der Waals surface area contributed by atoms with E-state index in [0.717, 1.165) is 0 Å². The molecule has 0 spiro atoms. The Morgan fingerprint density at radius 2 is 1.79 bits per heavy atom. The van der Waals surface area contributed by atoms with Crippen molar-refractivity contribution in [1.82, 2.24) is 0 Å². The summed E-state index contributed by atoms with van der Waals surface area (Å²) >= 11 is 1.51. The summed E-state index contributed by atoms with van der Waals surface area (Å²) in [5.41, 5.74) is 0.